The Kier molecular flexibility index (Phi) is 5.10. The molecule has 0 aliphatic heterocycles. The molecule has 0 bridgehead atoms. The predicted molar refractivity (Wildman–Crippen MR) is 56.7 cm³/mol. The number of carbonyl (C=O) groups excluding carboxylic acids is 1. The maximum Gasteiger partial charge on any atom is 0.276 e. The van der Waals surface area contributed by atoms with E-state index in [0.717, 1.165) is 0 Å². The molecular formula is C10H12ClNO3. The third kappa shape index (κ3) is 3.87. The number of nitrogens with one attached hydrogen (secondary N) is 1. The molecule has 5 heteroatoms. The third-order valence-corrected chi connectivity index (χ3v) is 2.00. The van der Waals surface area contributed by atoms with E-state index in [0.29, 0.717) is 23.8 Å². The molecular weight excluding hydrogens is 218 g/mol. The highest BCUT2D eigenvalue weighted by molar-refractivity contribution is 6.33. The molecule has 0 heterocycles. The number of rotatable bonds is 5. The average molecular weight is 230 g/mol. The van der Waals surface area contributed by atoms with Crippen LogP contribution in [0.15, 0.2) is 24.3 Å². The van der Waals surface area contributed by atoms with Crippen LogP contribution >= 0.6 is 11.6 Å². The number of hydroxylamine groups is 1. The Morgan fingerprint density at radius 1 is 1.40 bits per heavy atom. The van der Waals surface area contributed by atoms with E-state index in [1.807, 2.05) is 0 Å². The number of ether oxygens (including phenoxy) is 1. The van der Waals surface area contributed by atoms with Crippen molar-refractivity contribution in [1.29, 1.82) is 0 Å². The molecule has 0 radical (unpaired) electrons. The summed E-state index contributed by atoms with van der Waals surface area (Å²) in [5.41, 5.74) is 2.66. The molecule has 15 heavy (non-hydrogen) atoms. The molecule has 1 aromatic rings. The molecule has 1 amide bonds. The van der Waals surface area contributed by atoms with Gasteiger partial charge < -0.3 is 4.74 Å². The van der Waals surface area contributed by atoms with Crippen LogP contribution in [0.5, 0.6) is 0 Å². The van der Waals surface area contributed by atoms with Crippen molar-refractivity contribution in [2.45, 2.75) is 0 Å². The van der Waals surface area contributed by atoms with Crippen LogP contribution in [0.1, 0.15) is 10.4 Å². The van der Waals surface area contributed by atoms with Crippen molar-refractivity contribution in [3.05, 3.63) is 34.9 Å². The maximum absolute atomic E-state index is 11.5. The molecule has 1 N–H and O–H groups in total. The van der Waals surface area contributed by atoms with Crippen LogP contribution in [-0.2, 0) is 9.57 Å². The van der Waals surface area contributed by atoms with Crippen molar-refractivity contribution < 1.29 is 14.4 Å². The molecule has 0 saturated heterocycles. The minimum absolute atomic E-state index is 0.298. The molecule has 82 valence electrons. The second-order valence-electron chi connectivity index (χ2n) is 2.75. The molecule has 0 unspecified atom stereocenters. The lowest BCUT2D eigenvalue weighted by molar-refractivity contribution is 0.00890. The minimum atomic E-state index is -0.364. The topological polar surface area (TPSA) is 47.6 Å². The molecule has 0 aromatic heterocycles. The van der Waals surface area contributed by atoms with E-state index in [9.17, 15) is 4.79 Å². The molecule has 1 aromatic carbocycles. The van der Waals surface area contributed by atoms with Crippen molar-refractivity contribution >= 4 is 17.5 Å². The summed E-state index contributed by atoms with van der Waals surface area (Å²) >= 11 is 5.82. The molecule has 0 spiro atoms. The zero-order valence-corrected chi connectivity index (χ0v) is 9.08. The number of amides is 1. The van der Waals surface area contributed by atoms with Gasteiger partial charge in [-0.1, -0.05) is 23.7 Å². The highest BCUT2D eigenvalue weighted by atomic mass is 35.5. The summed E-state index contributed by atoms with van der Waals surface area (Å²) in [7, 11) is 1.55. The van der Waals surface area contributed by atoms with Crippen molar-refractivity contribution in [3.63, 3.8) is 0 Å². The van der Waals surface area contributed by atoms with Gasteiger partial charge in [-0.05, 0) is 12.1 Å². The highest BCUT2D eigenvalue weighted by Crippen LogP contribution is 2.14. The van der Waals surface area contributed by atoms with Crippen LogP contribution in [0.25, 0.3) is 0 Å². The van der Waals surface area contributed by atoms with E-state index in [1.165, 1.54) is 0 Å². The summed E-state index contributed by atoms with van der Waals surface area (Å²) in [6.07, 6.45) is 0. The first-order valence-electron chi connectivity index (χ1n) is 4.41. The van der Waals surface area contributed by atoms with Gasteiger partial charge in [-0.15, -0.1) is 0 Å². The van der Waals surface area contributed by atoms with Gasteiger partial charge in [0.25, 0.3) is 5.91 Å². The van der Waals surface area contributed by atoms with Gasteiger partial charge in [0.05, 0.1) is 23.8 Å². The number of benzene rings is 1. The predicted octanol–water partition coefficient (Wildman–Crippen LogP) is 1.65. The zero-order chi connectivity index (χ0) is 11.1. The Balaban J connectivity index is 2.44. The quantitative estimate of drug-likeness (QED) is 0.617. The van der Waals surface area contributed by atoms with E-state index in [4.69, 9.17) is 21.2 Å². The van der Waals surface area contributed by atoms with Gasteiger partial charge in [-0.25, -0.2) is 5.48 Å². The first-order chi connectivity index (χ1) is 7.25. The van der Waals surface area contributed by atoms with Gasteiger partial charge in [0.1, 0.15) is 0 Å². The summed E-state index contributed by atoms with van der Waals surface area (Å²) in [6.45, 7) is 0.718. The van der Waals surface area contributed by atoms with Gasteiger partial charge in [0, 0.05) is 7.11 Å². The second kappa shape index (κ2) is 6.40. The molecule has 0 aliphatic rings. The van der Waals surface area contributed by atoms with E-state index < -0.39 is 0 Å². The van der Waals surface area contributed by atoms with Gasteiger partial charge in [-0.3, -0.25) is 9.63 Å². The van der Waals surface area contributed by atoms with Crippen LogP contribution in [-0.4, -0.2) is 26.2 Å². The van der Waals surface area contributed by atoms with Crippen LogP contribution in [0, 0.1) is 0 Å². The van der Waals surface area contributed by atoms with Gasteiger partial charge in [-0.2, -0.15) is 0 Å². The van der Waals surface area contributed by atoms with Gasteiger partial charge in [0.15, 0.2) is 0 Å². The van der Waals surface area contributed by atoms with E-state index >= 15 is 0 Å². The Morgan fingerprint density at radius 2 is 2.13 bits per heavy atom. The summed E-state index contributed by atoms with van der Waals surface area (Å²) in [4.78, 5) is 16.3. The Hall–Kier alpha value is -1.10. The molecule has 0 saturated carbocycles. The van der Waals surface area contributed by atoms with Gasteiger partial charge >= 0.3 is 0 Å². The normalized spacial score (nSPS) is 10.0. The van der Waals surface area contributed by atoms with E-state index in [-0.39, 0.29) is 5.91 Å². The summed E-state index contributed by atoms with van der Waals surface area (Å²) in [5.74, 6) is -0.364. The Morgan fingerprint density at radius 3 is 2.80 bits per heavy atom. The zero-order valence-electron chi connectivity index (χ0n) is 8.33. The SMILES string of the molecule is COCCONC(=O)c1ccccc1Cl. The van der Waals surface area contributed by atoms with Crippen LogP contribution in [0.2, 0.25) is 5.02 Å². The van der Waals surface area contributed by atoms with Crippen molar-refractivity contribution in [3.8, 4) is 0 Å². The lowest BCUT2D eigenvalue weighted by Crippen LogP contribution is -2.25. The smallest absolute Gasteiger partial charge is 0.276 e. The fraction of sp³-hybridized carbons (Fsp3) is 0.300. The third-order valence-electron chi connectivity index (χ3n) is 1.67. The first kappa shape index (κ1) is 12.0. The summed E-state index contributed by atoms with van der Waals surface area (Å²) in [5, 5.41) is 0.394. The number of hydrogen-bond acceptors (Lipinski definition) is 3. The Bertz CT molecular complexity index is 330. The molecule has 4 nitrogen and oxygen atoms in total. The summed E-state index contributed by atoms with van der Waals surface area (Å²) in [6, 6.07) is 6.75. The van der Waals surface area contributed by atoms with Crippen LogP contribution in [0.3, 0.4) is 0 Å². The van der Waals surface area contributed by atoms with Crippen molar-refractivity contribution in [2.24, 2.45) is 0 Å². The number of methoxy groups -OCH3 is 1. The Labute approximate surface area is 93.1 Å². The highest BCUT2D eigenvalue weighted by Gasteiger charge is 2.08. The van der Waals surface area contributed by atoms with Crippen molar-refractivity contribution in [2.75, 3.05) is 20.3 Å². The van der Waals surface area contributed by atoms with Crippen molar-refractivity contribution in [1.82, 2.24) is 5.48 Å². The average Bonchev–Trinajstić information content (AvgIpc) is 2.25. The monoisotopic (exact) mass is 229 g/mol. The number of hydrogen-bond donors (Lipinski definition) is 1. The molecule has 1 rings (SSSR count). The van der Waals surface area contributed by atoms with E-state index in [1.54, 1.807) is 31.4 Å². The van der Waals surface area contributed by atoms with Crippen LogP contribution in [0.4, 0.5) is 0 Å². The molecule has 0 atom stereocenters. The standard InChI is InChI=1S/C10H12ClNO3/c1-14-6-7-15-12-10(13)8-4-2-3-5-9(8)11/h2-5H,6-7H2,1H3,(H,12,13). The van der Waals surface area contributed by atoms with Gasteiger partial charge in [0.2, 0.25) is 0 Å². The fourth-order valence-electron chi connectivity index (χ4n) is 0.942. The minimum Gasteiger partial charge on any atom is -0.382 e. The summed E-state index contributed by atoms with van der Waals surface area (Å²) < 4.78 is 4.75. The lowest BCUT2D eigenvalue weighted by Gasteiger charge is -2.06. The fourth-order valence-corrected chi connectivity index (χ4v) is 1.16. The largest absolute Gasteiger partial charge is 0.382 e. The molecule has 0 fully saturated rings. The van der Waals surface area contributed by atoms with E-state index in [2.05, 4.69) is 5.48 Å². The van der Waals surface area contributed by atoms with Crippen LogP contribution < -0.4 is 5.48 Å². The first-order valence-corrected chi connectivity index (χ1v) is 4.79. The lowest BCUT2D eigenvalue weighted by atomic mass is 10.2. The number of carbonyl (C=O) groups is 1. The number of halogens is 1. The maximum atomic E-state index is 11.5. The molecule has 0 aliphatic carbocycles. The second-order valence-corrected chi connectivity index (χ2v) is 3.16.